The van der Waals surface area contributed by atoms with Crippen LogP contribution in [-0.2, 0) is 4.79 Å². The summed E-state index contributed by atoms with van der Waals surface area (Å²) in [6.07, 6.45) is 0. The first kappa shape index (κ1) is 9.22. The molecule has 12 heavy (non-hydrogen) atoms. The topological polar surface area (TPSA) is 63.3 Å². The molecule has 66 valence electrons. The molecule has 1 rings (SSSR count). The van der Waals surface area contributed by atoms with E-state index in [-0.39, 0.29) is 6.04 Å². The Morgan fingerprint density at radius 1 is 1.75 bits per heavy atom. The first-order chi connectivity index (χ1) is 5.63. The number of nitrogens with two attached hydrogens (primary N) is 1. The van der Waals surface area contributed by atoms with Gasteiger partial charge in [-0.2, -0.15) is 0 Å². The Hall–Kier alpha value is -0.870. The van der Waals surface area contributed by atoms with Crippen LogP contribution in [0, 0.1) is 0 Å². The van der Waals surface area contributed by atoms with E-state index in [1.165, 1.54) is 11.3 Å². The first-order valence-electron chi connectivity index (χ1n) is 3.64. The lowest BCUT2D eigenvalue weighted by molar-refractivity contribution is -0.139. The van der Waals surface area contributed by atoms with Crippen molar-refractivity contribution in [2.24, 2.45) is 5.73 Å². The summed E-state index contributed by atoms with van der Waals surface area (Å²) in [6, 6.07) is 3.28. The molecule has 0 bridgehead atoms. The number of carboxylic acid groups (broad SMARTS) is 1. The van der Waals surface area contributed by atoms with Gasteiger partial charge in [-0.3, -0.25) is 4.79 Å². The van der Waals surface area contributed by atoms with E-state index in [9.17, 15) is 4.79 Å². The van der Waals surface area contributed by atoms with Crippen molar-refractivity contribution in [1.29, 1.82) is 0 Å². The molecule has 1 aromatic rings. The van der Waals surface area contributed by atoms with Crippen molar-refractivity contribution in [3.05, 3.63) is 22.4 Å². The third-order valence-corrected chi connectivity index (χ3v) is 2.60. The number of rotatable bonds is 3. The third-order valence-electron chi connectivity index (χ3n) is 1.64. The van der Waals surface area contributed by atoms with E-state index in [1.807, 2.05) is 11.4 Å². The van der Waals surface area contributed by atoms with Gasteiger partial charge in [-0.1, -0.05) is 6.07 Å². The molecule has 0 aliphatic rings. The Kier molecular flexibility index (Phi) is 2.83. The normalized spacial score (nSPS) is 15.5. The molecule has 0 saturated carbocycles. The van der Waals surface area contributed by atoms with E-state index in [1.54, 1.807) is 13.0 Å². The molecular formula is C8H11NO2S. The van der Waals surface area contributed by atoms with Crippen LogP contribution in [0.15, 0.2) is 17.5 Å². The quantitative estimate of drug-likeness (QED) is 0.745. The van der Waals surface area contributed by atoms with Gasteiger partial charge in [0.1, 0.15) is 5.92 Å². The fourth-order valence-corrected chi connectivity index (χ4v) is 2.01. The van der Waals surface area contributed by atoms with Crippen molar-refractivity contribution in [1.82, 2.24) is 0 Å². The Labute approximate surface area is 74.8 Å². The average molecular weight is 185 g/mol. The predicted molar refractivity (Wildman–Crippen MR) is 48.3 cm³/mol. The van der Waals surface area contributed by atoms with Crippen LogP contribution in [0.3, 0.4) is 0 Å². The molecule has 0 saturated heterocycles. The molecule has 1 heterocycles. The Balaban J connectivity index is 2.88. The third kappa shape index (κ3) is 1.84. The van der Waals surface area contributed by atoms with Gasteiger partial charge in [-0.05, 0) is 18.4 Å². The zero-order chi connectivity index (χ0) is 9.14. The lowest BCUT2D eigenvalue weighted by Gasteiger charge is -2.13. The van der Waals surface area contributed by atoms with Crippen molar-refractivity contribution in [3.8, 4) is 0 Å². The van der Waals surface area contributed by atoms with E-state index in [2.05, 4.69) is 0 Å². The number of thiophene rings is 1. The monoisotopic (exact) mass is 185 g/mol. The highest BCUT2D eigenvalue weighted by atomic mass is 32.1. The van der Waals surface area contributed by atoms with E-state index < -0.39 is 11.9 Å². The van der Waals surface area contributed by atoms with Gasteiger partial charge >= 0.3 is 5.97 Å². The van der Waals surface area contributed by atoms with Gasteiger partial charge in [0, 0.05) is 10.9 Å². The van der Waals surface area contributed by atoms with Gasteiger partial charge in [0.05, 0.1) is 0 Å². The summed E-state index contributed by atoms with van der Waals surface area (Å²) in [5.41, 5.74) is 5.55. The van der Waals surface area contributed by atoms with Crippen LogP contribution in [0.2, 0.25) is 0 Å². The molecule has 0 aliphatic heterocycles. The van der Waals surface area contributed by atoms with Gasteiger partial charge in [-0.25, -0.2) is 0 Å². The highest BCUT2D eigenvalue weighted by Crippen LogP contribution is 2.23. The summed E-state index contributed by atoms with van der Waals surface area (Å²) < 4.78 is 0. The lowest BCUT2D eigenvalue weighted by Crippen LogP contribution is -2.30. The van der Waals surface area contributed by atoms with Crippen LogP contribution in [0.5, 0.6) is 0 Å². The van der Waals surface area contributed by atoms with Gasteiger partial charge in [0.15, 0.2) is 0 Å². The first-order valence-corrected chi connectivity index (χ1v) is 4.52. The maximum Gasteiger partial charge on any atom is 0.313 e. The fraction of sp³-hybridized carbons (Fsp3) is 0.375. The summed E-state index contributed by atoms with van der Waals surface area (Å²) in [6.45, 7) is 1.71. The summed E-state index contributed by atoms with van der Waals surface area (Å²) in [4.78, 5) is 11.6. The van der Waals surface area contributed by atoms with Gasteiger partial charge in [0.2, 0.25) is 0 Å². The zero-order valence-corrected chi connectivity index (χ0v) is 7.54. The highest BCUT2D eigenvalue weighted by Gasteiger charge is 2.24. The Morgan fingerprint density at radius 3 is 2.75 bits per heavy atom. The molecule has 0 spiro atoms. The van der Waals surface area contributed by atoms with Crippen LogP contribution in [0.25, 0.3) is 0 Å². The van der Waals surface area contributed by atoms with Crippen molar-refractivity contribution < 1.29 is 9.90 Å². The zero-order valence-electron chi connectivity index (χ0n) is 6.73. The maximum atomic E-state index is 10.8. The van der Waals surface area contributed by atoms with Crippen molar-refractivity contribution >= 4 is 17.3 Å². The summed E-state index contributed by atoms with van der Waals surface area (Å²) in [5, 5.41) is 10.7. The van der Waals surface area contributed by atoms with E-state index >= 15 is 0 Å². The number of carbonyl (C=O) groups is 1. The summed E-state index contributed by atoms with van der Waals surface area (Å²) in [7, 11) is 0. The minimum atomic E-state index is -0.854. The molecule has 0 radical (unpaired) electrons. The van der Waals surface area contributed by atoms with Crippen molar-refractivity contribution in [3.63, 3.8) is 0 Å². The number of carboxylic acids is 1. The second-order valence-electron chi connectivity index (χ2n) is 2.69. The SMILES string of the molecule is CC(N)C(C(=O)O)c1cccs1. The highest BCUT2D eigenvalue weighted by molar-refractivity contribution is 7.10. The molecule has 0 fully saturated rings. The lowest BCUT2D eigenvalue weighted by atomic mass is 10.0. The van der Waals surface area contributed by atoms with Crippen LogP contribution in [0.1, 0.15) is 17.7 Å². The molecular weight excluding hydrogens is 174 g/mol. The molecule has 0 aromatic carbocycles. The standard InChI is InChI=1S/C8H11NO2S/c1-5(9)7(8(10)11)6-3-2-4-12-6/h2-5,7H,9H2,1H3,(H,10,11). The van der Waals surface area contributed by atoms with E-state index in [4.69, 9.17) is 10.8 Å². The number of hydrogen-bond donors (Lipinski definition) is 2. The Morgan fingerprint density at radius 2 is 2.42 bits per heavy atom. The molecule has 4 heteroatoms. The molecule has 3 nitrogen and oxygen atoms in total. The molecule has 0 aliphatic carbocycles. The van der Waals surface area contributed by atoms with Crippen LogP contribution in [-0.4, -0.2) is 17.1 Å². The summed E-state index contributed by atoms with van der Waals surface area (Å²) in [5.74, 6) is -1.42. The minimum absolute atomic E-state index is 0.346. The molecule has 2 unspecified atom stereocenters. The number of hydrogen-bond acceptors (Lipinski definition) is 3. The van der Waals surface area contributed by atoms with Crippen LogP contribution in [0.4, 0.5) is 0 Å². The second kappa shape index (κ2) is 3.69. The van der Waals surface area contributed by atoms with Crippen LogP contribution < -0.4 is 5.73 Å². The van der Waals surface area contributed by atoms with Gasteiger partial charge in [-0.15, -0.1) is 11.3 Å². The molecule has 2 atom stereocenters. The van der Waals surface area contributed by atoms with Gasteiger partial charge < -0.3 is 10.8 Å². The molecule has 1 aromatic heterocycles. The van der Waals surface area contributed by atoms with E-state index in [0.29, 0.717) is 0 Å². The largest absolute Gasteiger partial charge is 0.481 e. The predicted octanol–water partition coefficient (Wildman–Crippen LogP) is 1.26. The van der Waals surface area contributed by atoms with E-state index in [0.717, 1.165) is 4.88 Å². The maximum absolute atomic E-state index is 10.8. The van der Waals surface area contributed by atoms with Crippen molar-refractivity contribution in [2.45, 2.75) is 18.9 Å². The fourth-order valence-electron chi connectivity index (χ4n) is 1.07. The molecule has 0 amide bonds. The van der Waals surface area contributed by atoms with Crippen LogP contribution >= 0.6 is 11.3 Å². The molecule has 3 N–H and O–H groups in total. The van der Waals surface area contributed by atoms with Crippen molar-refractivity contribution in [2.75, 3.05) is 0 Å². The summed E-state index contributed by atoms with van der Waals surface area (Å²) >= 11 is 1.43. The second-order valence-corrected chi connectivity index (χ2v) is 3.67. The average Bonchev–Trinajstić information content (AvgIpc) is 2.37. The van der Waals surface area contributed by atoms with Gasteiger partial charge in [0.25, 0.3) is 0 Å². The number of aliphatic carboxylic acids is 1. The minimum Gasteiger partial charge on any atom is -0.481 e. The Bertz CT molecular complexity index is 256. The smallest absolute Gasteiger partial charge is 0.313 e.